The Bertz CT molecular complexity index is 525. The summed E-state index contributed by atoms with van der Waals surface area (Å²) in [6.07, 6.45) is 4.47. The number of benzene rings is 1. The van der Waals surface area contributed by atoms with Crippen molar-refractivity contribution in [2.45, 2.75) is 51.2 Å². The molecule has 4 heteroatoms. The molecule has 3 atom stereocenters. The van der Waals surface area contributed by atoms with Crippen LogP contribution in [0, 0.1) is 18.7 Å². The first-order valence-electron chi connectivity index (χ1n) is 7.82. The van der Waals surface area contributed by atoms with Gasteiger partial charge in [-0.1, -0.05) is 6.42 Å². The fraction of sp³-hybridized carbons (Fsp3) is 0.588. The van der Waals surface area contributed by atoms with Gasteiger partial charge in [0.05, 0.1) is 6.10 Å². The minimum absolute atomic E-state index is 0.0980. The first-order chi connectivity index (χ1) is 10.1. The lowest BCUT2D eigenvalue weighted by Gasteiger charge is -2.31. The molecule has 1 aromatic rings. The Morgan fingerprint density at radius 3 is 2.71 bits per heavy atom. The lowest BCUT2D eigenvalue weighted by atomic mass is 9.93. The van der Waals surface area contributed by atoms with Gasteiger partial charge in [-0.25, -0.2) is 4.39 Å². The summed E-state index contributed by atoms with van der Waals surface area (Å²) in [4.78, 5) is 14.6. The highest BCUT2D eigenvalue weighted by atomic mass is 19.1. The van der Waals surface area contributed by atoms with Crippen LogP contribution in [0.1, 0.15) is 48.0 Å². The number of rotatable bonds is 2. The van der Waals surface area contributed by atoms with E-state index in [-0.39, 0.29) is 29.8 Å². The average Bonchev–Trinajstić information content (AvgIpc) is 3.04. The quantitative estimate of drug-likeness (QED) is 0.910. The minimum atomic E-state index is -0.366. The third kappa shape index (κ3) is 2.82. The SMILES string of the molecule is Cc1cc(F)cc(C(=O)N2CCCC2C2CCCC2O)c1. The number of likely N-dealkylation sites (tertiary alicyclic amines) is 1. The van der Waals surface area contributed by atoms with Gasteiger partial charge in [0.15, 0.2) is 0 Å². The molecular weight excluding hydrogens is 269 g/mol. The van der Waals surface area contributed by atoms with Gasteiger partial charge in [0, 0.05) is 24.1 Å². The van der Waals surface area contributed by atoms with Crippen molar-refractivity contribution in [2.24, 2.45) is 5.92 Å². The molecule has 1 saturated carbocycles. The number of carbonyl (C=O) groups is 1. The van der Waals surface area contributed by atoms with Gasteiger partial charge in [0.2, 0.25) is 0 Å². The number of aliphatic hydroxyl groups is 1. The van der Waals surface area contributed by atoms with Gasteiger partial charge >= 0.3 is 0 Å². The van der Waals surface area contributed by atoms with E-state index in [0.29, 0.717) is 12.1 Å². The number of aliphatic hydroxyl groups excluding tert-OH is 1. The highest BCUT2D eigenvalue weighted by Gasteiger charge is 2.40. The van der Waals surface area contributed by atoms with E-state index in [1.165, 1.54) is 12.1 Å². The van der Waals surface area contributed by atoms with E-state index in [9.17, 15) is 14.3 Å². The summed E-state index contributed by atoms with van der Waals surface area (Å²) in [6.45, 7) is 2.50. The van der Waals surface area contributed by atoms with Crippen LogP contribution in [0.5, 0.6) is 0 Å². The standard InChI is InChI=1S/C17H22FNO2/c1-11-8-12(10-13(18)9-11)17(21)19-7-3-5-15(19)14-4-2-6-16(14)20/h8-10,14-16,20H,2-7H2,1H3. The normalized spacial score (nSPS) is 29.1. The Morgan fingerprint density at radius 2 is 2.05 bits per heavy atom. The van der Waals surface area contributed by atoms with Crippen LogP contribution in [0.25, 0.3) is 0 Å². The van der Waals surface area contributed by atoms with Gasteiger partial charge in [-0.05, 0) is 56.4 Å². The molecule has 1 aliphatic carbocycles. The third-order valence-electron chi connectivity index (χ3n) is 4.87. The van der Waals surface area contributed by atoms with Crippen LogP contribution in [-0.4, -0.2) is 34.6 Å². The lowest BCUT2D eigenvalue weighted by molar-refractivity contribution is 0.0527. The summed E-state index contributed by atoms with van der Waals surface area (Å²) >= 11 is 0. The van der Waals surface area contributed by atoms with E-state index in [2.05, 4.69) is 0 Å². The van der Waals surface area contributed by atoms with Crippen molar-refractivity contribution >= 4 is 5.91 Å². The molecule has 1 N–H and O–H groups in total. The van der Waals surface area contributed by atoms with Crippen molar-refractivity contribution in [3.05, 3.63) is 35.1 Å². The van der Waals surface area contributed by atoms with E-state index < -0.39 is 0 Å². The van der Waals surface area contributed by atoms with Crippen LogP contribution in [-0.2, 0) is 0 Å². The van der Waals surface area contributed by atoms with Crippen molar-refractivity contribution in [3.63, 3.8) is 0 Å². The second-order valence-corrected chi connectivity index (χ2v) is 6.39. The highest BCUT2D eigenvalue weighted by molar-refractivity contribution is 5.94. The Labute approximate surface area is 124 Å². The summed E-state index contributed by atoms with van der Waals surface area (Å²) in [7, 11) is 0. The minimum Gasteiger partial charge on any atom is -0.393 e. The monoisotopic (exact) mass is 291 g/mol. The first-order valence-corrected chi connectivity index (χ1v) is 7.82. The summed E-state index contributed by atoms with van der Waals surface area (Å²) in [6, 6.07) is 4.60. The zero-order valence-corrected chi connectivity index (χ0v) is 12.4. The van der Waals surface area contributed by atoms with Crippen molar-refractivity contribution in [2.75, 3.05) is 6.54 Å². The van der Waals surface area contributed by atoms with Gasteiger partial charge in [-0.3, -0.25) is 4.79 Å². The number of aryl methyl sites for hydroxylation is 1. The Kier molecular flexibility index (Phi) is 3.98. The lowest BCUT2D eigenvalue weighted by Crippen LogP contribution is -2.42. The van der Waals surface area contributed by atoms with Crippen molar-refractivity contribution in [1.82, 2.24) is 4.90 Å². The van der Waals surface area contributed by atoms with Gasteiger partial charge in [-0.2, -0.15) is 0 Å². The zero-order chi connectivity index (χ0) is 15.0. The molecule has 114 valence electrons. The maximum atomic E-state index is 13.5. The smallest absolute Gasteiger partial charge is 0.254 e. The van der Waals surface area contributed by atoms with E-state index >= 15 is 0 Å². The molecule has 0 spiro atoms. The number of carbonyl (C=O) groups excluding carboxylic acids is 1. The molecule has 21 heavy (non-hydrogen) atoms. The number of halogens is 1. The molecule has 1 aromatic carbocycles. The third-order valence-corrected chi connectivity index (χ3v) is 4.87. The number of nitrogens with zero attached hydrogens (tertiary/aromatic N) is 1. The molecule has 2 aliphatic rings. The van der Waals surface area contributed by atoms with Crippen LogP contribution >= 0.6 is 0 Å². The Balaban J connectivity index is 1.82. The Hall–Kier alpha value is -1.42. The van der Waals surface area contributed by atoms with Gasteiger partial charge < -0.3 is 10.0 Å². The fourth-order valence-corrected chi connectivity index (χ4v) is 3.93. The summed E-state index contributed by atoms with van der Waals surface area (Å²) in [5, 5.41) is 10.1. The summed E-state index contributed by atoms with van der Waals surface area (Å²) in [5.41, 5.74) is 1.18. The molecule has 0 aromatic heterocycles. The zero-order valence-electron chi connectivity index (χ0n) is 12.4. The highest BCUT2D eigenvalue weighted by Crippen LogP contribution is 2.36. The topological polar surface area (TPSA) is 40.5 Å². The van der Waals surface area contributed by atoms with Crippen LogP contribution in [0.15, 0.2) is 18.2 Å². The molecule has 1 amide bonds. The Morgan fingerprint density at radius 1 is 1.24 bits per heavy atom. The van der Waals surface area contributed by atoms with E-state index in [4.69, 9.17) is 0 Å². The maximum Gasteiger partial charge on any atom is 0.254 e. The molecule has 3 nitrogen and oxygen atoms in total. The van der Waals surface area contributed by atoms with E-state index in [1.807, 2.05) is 4.90 Å². The molecule has 3 rings (SSSR count). The predicted octanol–water partition coefficient (Wildman–Crippen LogP) is 2.90. The van der Waals surface area contributed by atoms with Crippen molar-refractivity contribution in [1.29, 1.82) is 0 Å². The second kappa shape index (κ2) is 5.76. The fourth-order valence-electron chi connectivity index (χ4n) is 3.93. The number of amides is 1. The first kappa shape index (κ1) is 14.5. The van der Waals surface area contributed by atoms with Gasteiger partial charge in [-0.15, -0.1) is 0 Å². The second-order valence-electron chi connectivity index (χ2n) is 6.39. The van der Waals surface area contributed by atoms with Gasteiger partial charge in [0.25, 0.3) is 5.91 Å². The molecule has 1 saturated heterocycles. The maximum absolute atomic E-state index is 13.5. The predicted molar refractivity (Wildman–Crippen MR) is 78.5 cm³/mol. The van der Waals surface area contributed by atoms with Crippen molar-refractivity contribution < 1.29 is 14.3 Å². The largest absolute Gasteiger partial charge is 0.393 e. The van der Waals surface area contributed by atoms with E-state index in [1.54, 1.807) is 13.0 Å². The number of hydrogen-bond donors (Lipinski definition) is 1. The van der Waals surface area contributed by atoms with Crippen molar-refractivity contribution in [3.8, 4) is 0 Å². The van der Waals surface area contributed by atoms with Crippen LogP contribution in [0.3, 0.4) is 0 Å². The molecule has 0 bridgehead atoms. The van der Waals surface area contributed by atoms with Crippen LogP contribution < -0.4 is 0 Å². The molecule has 1 aliphatic heterocycles. The molecule has 3 unspecified atom stereocenters. The molecule has 1 heterocycles. The summed E-state index contributed by atoms with van der Waals surface area (Å²) in [5.74, 6) is -0.277. The summed E-state index contributed by atoms with van der Waals surface area (Å²) < 4.78 is 13.5. The molecule has 2 fully saturated rings. The van der Waals surface area contributed by atoms with Crippen LogP contribution in [0.2, 0.25) is 0 Å². The van der Waals surface area contributed by atoms with Crippen LogP contribution in [0.4, 0.5) is 4.39 Å². The average molecular weight is 291 g/mol. The molecular formula is C17H22FNO2. The van der Waals surface area contributed by atoms with E-state index in [0.717, 1.165) is 37.7 Å². The van der Waals surface area contributed by atoms with Gasteiger partial charge in [0.1, 0.15) is 5.82 Å². The number of hydrogen-bond acceptors (Lipinski definition) is 2. The molecule has 0 radical (unpaired) electrons.